The average molecular weight is 549 g/mol. The fourth-order valence-corrected chi connectivity index (χ4v) is 5.88. The van der Waals surface area contributed by atoms with Crippen LogP contribution in [-0.2, 0) is 21.6 Å². The predicted octanol–water partition coefficient (Wildman–Crippen LogP) is 6.17. The molecule has 1 spiro atoms. The van der Waals surface area contributed by atoms with Crippen molar-refractivity contribution in [3.63, 3.8) is 0 Å². The van der Waals surface area contributed by atoms with Gasteiger partial charge in [0, 0.05) is 23.2 Å². The van der Waals surface area contributed by atoms with Crippen LogP contribution >= 0.6 is 0 Å². The van der Waals surface area contributed by atoms with Crippen LogP contribution in [0.5, 0.6) is 17.2 Å². The van der Waals surface area contributed by atoms with Crippen molar-refractivity contribution in [1.82, 2.24) is 0 Å². The van der Waals surface area contributed by atoms with Crippen LogP contribution in [0.25, 0.3) is 0 Å². The predicted molar refractivity (Wildman–Crippen MR) is 157 cm³/mol. The molecule has 0 bridgehead atoms. The highest BCUT2D eigenvalue weighted by Crippen LogP contribution is 2.59. The number of ether oxygens (including phenoxy) is 3. The van der Waals surface area contributed by atoms with Crippen LogP contribution in [0.4, 0.5) is 5.69 Å². The largest absolute Gasteiger partial charge is 0.496 e. The summed E-state index contributed by atoms with van der Waals surface area (Å²) in [6, 6.07) is 26.1. The quantitative estimate of drug-likeness (QED) is 0.268. The van der Waals surface area contributed by atoms with Crippen molar-refractivity contribution in [3.8, 4) is 17.2 Å². The van der Waals surface area contributed by atoms with Crippen molar-refractivity contribution in [2.24, 2.45) is 11.7 Å². The first-order valence-corrected chi connectivity index (χ1v) is 13.8. The molecule has 4 aromatic rings. The van der Waals surface area contributed by atoms with E-state index in [1.54, 1.807) is 13.2 Å². The van der Waals surface area contributed by atoms with Crippen LogP contribution in [0.3, 0.4) is 0 Å². The summed E-state index contributed by atoms with van der Waals surface area (Å²) >= 11 is 0. The van der Waals surface area contributed by atoms with Crippen molar-refractivity contribution in [2.45, 2.75) is 38.3 Å². The lowest BCUT2D eigenvalue weighted by atomic mass is 9.76. The Kier molecular flexibility index (Phi) is 6.75. The number of hydrogen-bond acceptors (Lipinski definition) is 6. The maximum Gasteiger partial charge on any atom is 0.340 e. The summed E-state index contributed by atoms with van der Waals surface area (Å²) in [6.45, 7) is 4.08. The lowest BCUT2D eigenvalue weighted by Crippen LogP contribution is -2.36. The number of carbonyl (C=O) groups excluding carboxylic acids is 2. The van der Waals surface area contributed by atoms with Crippen molar-refractivity contribution in [1.29, 1.82) is 0 Å². The van der Waals surface area contributed by atoms with Gasteiger partial charge in [-0.3, -0.25) is 4.79 Å². The summed E-state index contributed by atoms with van der Waals surface area (Å²) in [6.07, 6.45) is 1.17. The lowest BCUT2D eigenvalue weighted by molar-refractivity contribution is -0.117. The first-order chi connectivity index (χ1) is 19.8. The van der Waals surface area contributed by atoms with Gasteiger partial charge in [-0.05, 0) is 53.8 Å². The second kappa shape index (κ2) is 10.4. The molecule has 1 unspecified atom stereocenters. The van der Waals surface area contributed by atoms with Crippen LogP contribution < -0.4 is 20.5 Å². The van der Waals surface area contributed by atoms with E-state index in [9.17, 15) is 9.59 Å². The van der Waals surface area contributed by atoms with E-state index in [4.69, 9.17) is 19.9 Å². The number of benzene rings is 4. The van der Waals surface area contributed by atoms with Gasteiger partial charge in [-0.15, -0.1) is 0 Å². The zero-order valence-corrected chi connectivity index (χ0v) is 23.3. The highest BCUT2D eigenvalue weighted by atomic mass is 16.6. The molecular formula is C34H32N2O5. The highest BCUT2D eigenvalue weighted by molar-refractivity contribution is 5.97. The minimum atomic E-state index is -1.21. The summed E-state index contributed by atoms with van der Waals surface area (Å²) in [5, 5.41) is 2.90. The molecule has 2 aliphatic heterocycles. The molecule has 7 heteroatoms. The first kappa shape index (κ1) is 26.6. The van der Waals surface area contributed by atoms with E-state index >= 15 is 0 Å². The molecule has 0 aromatic heterocycles. The molecule has 6 rings (SSSR count). The van der Waals surface area contributed by atoms with Gasteiger partial charge in [-0.2, -0.15) is 0 Å². The van der Waals surface area contributed by atoms with E-state index in [1.165, 1.54) is 0 Å². The highest BCUT2D eigenvalue weighted by Gasteiger charge is 2.55. The SMILES string of the molecule is COc1c(Cc2ccc(NC(=O)[C@@H](N)CC(C)C)cc2)ccc2c1C1(OC(=O)c3ccccc31)c1ccccc1O2. The maximum absolute atomic E-state index is 13.2. The number of carbonyl (C=O) groups is 2. The topological polar surface area (TPSA) is 99.9 Å². The second-order valence-corrected chi connectivity index (χ2v) is 10.9. The van der Waals surface area contributed by atoms with Crippen molar-refractivity contribution in [3.05, 3.63) is 118 Å². The number of rotatable bonds is 7. The Labute approximate surface area is 239 Å². The zero-order valence-electron chi connectivity index (χ0n) is 23.3. The Morgan fingerprint density at radius 3 is 2.37 bits per heavy atom. The summed E-state index contributed by atoms with van der Waals surface area (Å²) in [5.41, 5.74) is 10.1. The van der Waals surface area contributed by atoms with E-state index in [0.29, 0.717) is 52.8 Å². The second-order valence-electron chi connectivity index (χ2n) is 10.9. The summed E-state index contributed by atoms with van der Waals surface area (Å²) in [5.74, 6) is 1.55. The molecule has 41 heavy (non-hydrogen) atoms. The molecule has 0 fully saturated rings. The Balaban J connectivity index is 1.38. The zero-order chi connectivity index (χ0) is 28.7. The molecule has 2 heterocycles. The third kappa shape index (κ3) is 4.52. The number of anilines is 1. The Bertz CT molecular complexity index is 1650. The van der Waals surface area contributed by atoms with Crippen LogP contribution in [0.2, 0.25) is 0 Å². The lowest BCUT2D eigenvalue weighted by Gasteiger charge is -2.37. The van der Waals surface area contributed by atoms with E-state index < -0.39 is 11.6 Å². The monoisotopic (exact) mass is 548 g/mol. The molecule has 0 radical (unpaired) electrons. The van der Waals surface area contributed by atoms with Crippen LogP contribution in [0, 0.1) is 5.92 Å². The molecule has 1 amide bonds. The van der Waals surface area contributed by atoms with E-state index in [0.717, 1.165) is 22.3 Å². The van der Waals surface area contributed by atoms with Gasteiger partial charge in [-0.1, -0.05) is 68.4 Å². The van der Waals surface area contributed by atoms with Crippen LogP contribution in [0.1, 0.15) is 58.4 Å². The molecule has 7 nitrogen and oxygen atoms in total. The van der Waals surface area contributed by atoms with Gasteiger partial charge in [0.15, 0.2) is 5.60 Å². The number of fused-ring (bicyclic) bond motifs is 6. The van der Waals surface area contributed by atoms with Gasteiger partial charge in [0.1, 0.15) is 17.2 Å². The van der Waals surface area contributed by atoms with Gasteiger partial charge in [0.25, 0.3) is 0 Å². The minimum absolute atomic E-state index is 0.195. The molecule has 0 saturated heterocycles. The van der Waals surface area contributed by atoms with Gasteiger partial charge >= 0.3 is 5.97 Å². The normalized spacial score (nSPS) is 17.2. The fourth-order valence-electron chi connectivity index (χ4n) is 5.88. The van der Waals surface area contributed by atoms with Crippen LogP contribution in [-0.4, -0.2) is 25.0 Å². The Morgan fingerprint density at radius 2 is 1.63 bits per heavy atom. The molecule has 3 N–H and O–H groups in total. The van der Waals surface area contributed by atoms with Crippen LogP contribution in [0.15, 0.2) is 84.9 Å². The van der Waals surface area contributed by atoms with Gasteiger partial charge in [-0.25, -0.2) is 4.79 Å². The van der Waals surface area contributed by atoms with E-state index in [2.05, 4.69) is 5.32 Å². The number of nitrogens with one attached hydrogen (secondary N) is 1. The van der Waals surface area contributed by atoms with Crippen molar-refractivity contribution < 1.29 is 23.8 Å². The molecule has 2 atom stereocenters. The molecule has 0 aliphatic carbocycles. The van der Waals surface area contributed by atoms with Crippen molar-refractivity contribution >= 4 is 17.6 Å². The van der Waals surface area contributed by atoms with E-state index in [-0.39, 0.29) is 11.9 Å². The van der Waals surface area contributed by atoms with Gasteiger partial charge in [0.05, 0.1) is 24.3 Å². The summed E-state index contributed by atoms with van der Waals surface area (Å²) in [7, 11) is 1.62. The smallest absolute Gasteiger partial charge is 0.340 e. The standard InChI is InChI=1S/C34H32N2O5/c1-20(2)18-27(35)32(37)36-23-15-12-21(13-16-23)19-22-14-17-29-30(31(22)39-3)34(26-10-6-7-11-28(26)40-29)25-9-5-4-8-24(25)33(38)41-34/h4-17,20,27H,18-19,35H2,1-3H3,(H,36,37)/t27-,34?/m0/s1. The number of nitrogens with two attached hydrogens (primary N) is 1. The number of esters is 1. The maximum atomic E-state index is 13.2. The summed E-state index contributed by atoms with van der Waals surface area (Å²) in [4.78, 5) is 25.7. The van der Waals surface area contributed by atoms with Gasteiger partial charge in [0.2, 0.25) is 5.91 Å². The number of hydrogen-bond donors (Lipinski definition) is 2. The number of amides is 1. The molecule has 0 saturated carbocycles. The summed E-state index contributed by atoms with van der Waals surface area (Å²) < 4.78 is 18.7. The minimum Gasteiger partial charge on any atom is -0.496 e. The fraction of sp³-hybridized carbons (Fsp3) is 0.235. The average Bonchev–Trinajstić information content (AvgIpc) is 3.26. The van der Waals surface area contributed by atoms with Gasteiger partial charge < -0.3 is 25.3 Å². The first-order valence-electron chi connectivity index (χ1n) is 13.8. The Morgan fingerprint density at radius 1 is 0.927 bits per heavy atom. The molecule has 2 aliphatic rings. The number of methoxy groups -OCH3 is 1. The molecule has 208 valence electrons. The molecule has 4 aromatic carbocycles. The Hall–Kier alpha value is -4.62. The number of para-hydroxylation sites is 1. The van der Waals surface area contributed by atoms with Crippen molar-refractivity contribution in [2.75, 3.05) is 12.4 Å². The van der Waals surface area contributed by atoms with E-state index in [1.807, 2.05) is 92.7 Å². The molecular weight excluding hydrogens is 516 g/mol. The third-order valence-corrected chi connectivity index (χ3v) is 7.69. The third-order valence-electron chi connectivity index (χ3n) is 7.69.